The molecule has 1 aliphatic carbocycles. The number of hydrogen-bond donors (Lipinski definition) is 3. The lowest BCUT2D eigenvalue weighted by Gasteiger charge is -2.31. The van der Waals surface area contributed by atoms with Gasteiger partial charge in [-0.1, -0.05) is 18.2 Å². The summed E-state index contributed by atoms with van der Waals surface area (Å²) in [5.41, 5.74) is 0.594. The van der Waals surface area contributed by atoms with Gasteiger partial charge in [-0.2, -0.15) is 0 Å². The summed E-state index contributed by atoms with van der Waals surface area (Å²) >= 11 is 0. The van der Waals surface area contributed by atoms with E-state index in [0.717, 1.165) is 12.8 Å². The largest absolute Gasteiger partial charge is 0.393 e. The number of nitrogens with one attached hydrogen (secondary N) is 2. The number of amides is 2. The maximum atomic E-state index is 11.7. The van der Waals surface area contributed by atoms with Crippen LogP contribution in [0.2, 0.25) is 0 Å². The van der Waals surface area contributed by atoms with Gasteiger partial charge in [0, 0.05) is 25.1 Å². The third-order valence-corrected chi connectivity index (χ3v) is 3.47. The molecule has 20 heavy (non-hydrogen) atoms. The lowest BCUT2D eigenvalue weighted by molar-refractivity contribution is -0.121. The number of hydrogen-bond acceptors (Lipinski definition) is 3. The number of benzene rings is 1. The first-order chi connectivity index (χ1) is 9.65. The number of aliphatic hydroxyl groups is 1. The summed E-state index contributed by atoms with van der Waals surface area (Å²) in [7, 11) is 0. The smallest absolute Gasteiger partial charge is 0.251 e. The number of carbonyl (C=O) groups is 2. The SMILES string of the molecule is O=C(CCNC(=O)c1ccccc1)NCC1CC(O)C1. The molecule has 3 N–H and O–H groups in total. The lowest BCUT2D eigenvalue weighted by atomic mass is 9.82. The van der Waals surface area contributed by atoms with Gasteiger partial charge in [0.25, 0.3) is 5.91 Å². The molecule has 1 aromatic carbocycles. The van der Waals surface area contributed by atoms with E-state index >= 15 is 0 Å². The second-order valence-corrected chi connectivity index (χ2v) is 5.17. The van der Waals surface area contributed by atoms with Gasteiger partial charge in [-0.05, 0) is 30.9 Å². The van der Waals surface area contributed by atoms with Crippen molar-refractivity contribution in [2.24, 2.45) is 5.92 Å². The lowest BCUT2D eigenvalue weighted by Crippen LogP contribution is -2.39. The fraction of sp³-hybridized carbons (Fsp3) is 0.467. The third kappa shape index (κ3) is 4.35. The maximum Gasteiger partial charge on any atom is 0.251 e. The molecule has 108 valence electrons. The Labute approximate surface area is 118 Å². The highest BCUT2D eigenvalue weighted by molar-refractivity contribution is 5.94. The van der Waals surface area contributed by atoms with E-state index in [0.29, 0.717) is 24.6 Å². The molecule has 2 amide bonds. The van der Waals surface area contributed by atoms with Crippen LogP contribution < -0.4 is 10.6 Å². The van der Waals surface area contributed by atoms with Gasteiger partial charge in [-0.25, -0.2) is 0 Å². The summed E-state index contributed by atoms with van der Waals surface area (Å²) in [6, 6.07) is 8.92. The summed E-state index contributed by atoms with van der Waals surface area (Å²) in [5.74, 6) is 0.160. The Morgan fingerprint density at radius 2 is 1.85 bits per heavy atom. The van der Waals surface area contributed by atoms with E-state index in [2.05, 4.69) is 10.6 Å². The van der Waals surface area contributed by atoms with Crippen LogP contribution in [0.1, 0.15) is 29.6 Å². The van der Waals surface area contributed by atoms with Crippen LogP contribution in [-0.4, -0.2) is 36.1 Å². The molecule has 0 aliphatic heterocycles. The zero-order valence-electron chi connectivity index (χ0n) is 11.3. The summed E-state index contributed by atoms with van der Waals surface area (Å²) in [6.07, 6.45) is 1.62. The second kappa shape index (κ2) is 7.05. The average molecular weight is 276 g/mol. The van der Waals surface area contributed by atoms with Crippen molar-refractivity contribution in [3.8, 4) is 0 Å². The van der Waals surface area contributed by atoms with Crippen molar-refractivity contribution < 1.29 is 14.7 Å². The van der Waals surface area contributed by atoms with E-state index in [1.807, 2.05) is 6.07 Å². The Morgan fingerprint density at radius 1 is 1.15 bits per heavy atom. The van der Waals surface area contributed by atoms with Crippen molar-refractivity contribution in [1.29, 1.82) is 0 Å². The Balaban J connectivity index is 1.58. The maximum absolute atomic E-state index is 11.7. The summed E-state index contributed by atoms with van der Waals surface area (Å²) < 4.78 is 0. The minimum atomic E-state index is -0.193. The molecule has 0 aromatic heterocycles. The van der Waals surface area contributed by atoms with Crippen LogP contribution >= 0.6 is 0 Å². The summed E-state index contributed by atoms with van der Waals surface area (Å²) in [5, 5.41) is 14.7. The van der Waals surface area contributed by atoms with E-state index in [1.165, 1.54) is 0 Å². The fourth-order valence-corrected chi connectivity index (χ4v) is 2.19. The van der Waals surface area contributed by atoms with Crippen LogP contribution in [0.3, 0.4) is 0 Å². The van der Waals surface area contributed by atoms with Crippen LogP contribution in [0.4, 0.5) is 0 Å². The highest BCUT2D eigenvalue weighted by Crippen LogP contribution is 2.25. The summed E-state index contributed by atoms with van der Waals surface area (Å²) in [4.78, 5) is 23.3. The van der Waals surface area contributed by atoms with Gasteiger partial charge in [0.15, 0.2) is 0 Å². The zero-order chi connectivity index (χ0) is 14.4. The van der Waals surface area contributed by atoms with E-state index in [9.17, 15) is 9.59 Å². The number of carbonyl (C=O) groups excluding carboxylic acids is 2. The van der Waals surface area contributed by atoms with Crippen LogP contribution in [0.5, 0.6) is 0 Å². The van der Waals surface area contributed by atoms with E-state index < -0.39 is 0 Å². The number of rotatable bonds is 6. The minimum absolute atomic E-state index is 0.0697. The molecule has 0 bridgehead atoms. The topological polar surface area (TPSA) is 78.4 Å². The molecule has 0 heterocycles. The van der Waals surface area contributed by atoms with E-state index in [1.54, 1.807) is 24.3 Å². The molecule has 0 radical (unpaired) electrons. The Morgan fingerprint density at radius 3 is 2.50 bits per heavy atom. The minimum Gasteiger partial charge on any atom is -0.393 e. The molecule has 1 fully saturated rings. The Kier molecular flexibility index (Phi) is 5.12. The molecule has 0 saturated heterocycles. The molecular weight excluding hydrogens is 256 g/mol. The second-order valence-electron chi connectivity index (χ2n) is 5.17. The molecule has 0 unspecified atom stereocenters. The summed E-state index contributed by atoms with van der Waals surface area (Å²) in [6.45, 7) is 0.940. The van der Waals surface area contributed by atoms with Crippen LogP contribution in [0, 0.1) is 5.92 Å². The quantitative estimate of drug-likeness (QED) is 0.715. The van der Waals surface area contributed by atoms with Crippen LogP contribution in [0.25, 0.3) is 0 Å². The van der Waals surface area contributed by atoms with Gasteiger partial charge in [0.1, 0.15) is 0 Å². The fourth-order valence-electron chi connectivity index (χ4n) is 2.19. The van der Waals surface area contributed by atoms with Gasteiger partial charge >= 0.3 is 0 Å². The Hall–Kier alpha value is -1.88. The molecule has 1 saturated carbocycles. The standard InChI is InChI=1S/C15H20N2O3/c18-13-8-11(9-13)10-17-14(19)6-7-16-15(20)12-4-2-1-3-5-12/h1-5,11,13,18H,6-10H2,(H,16,20)(H,17,19). The van der Waals surface area contributed by atoms with Gasteiger partial charge in [0.05, 0.1) is 6.10 Å². The molecule has 0 spiro atoms. The van der Waals surface area contributed by atoms with Crippen molar-refractivity contribution in [2.75, 3.05) is 13.1 Å². The van der Waals surface area contributed by atoms with Crippen molar-refractivity contribution in [2.45, 2.75) is 25.4 Å². The molecule has 1 aromatic rings. The molecule has 0 atom stereocenters. The highest BCUT2D eigenvalue weighted by Gasteiger charge is 2.26. The van der Waals surface area contributed by atoms with Crippen LogP contribution in [-0.2, 0) is 4.79 Å². The molecular formula is C15H20N2O3. The highest BCUT2D eigenvalue weighted by atomic mass is 16.3. The van der Waals surface area contributed by atoms with E-state index in [4.69, 9.17) is 5.11 Å². The van der Waals surface area contributed by atoms with Gasteiger partial charge in [0.2, 0.25) is 5.91 Å². The monoisotopic (exact) mass is 276 g/mol. The van der Waals surface area contributed by atoms with Gasteiger partial charge in [-0.15, -0.1) is 0 Å². The first-order valence-electron chi connectivity index (χ1n) is 6.93. The molecule has 2 rings (SSSR count). The molecule has 5 heteroatoms. The van der Waals surface area contributed by atoms with Crippen molar-refractivity contribution >= 4 is 11.8 Å². The predicted molar refractivity (Wildman–Crippen MR) is 75.1 cm³/mol. The molecule has 1 aliphatic rings. The van der Waals surface area contributed by atoms with E-state index in [-0.39, 0.29) is 24.3 Å². The zero-order valence-corrected chi connectivity index (χ0v) is 11.3. The van der Waals surface area contributed by atoms with Crippen LogP contribution in [0.15, 0.2) is 30.3 Å². The Bertz CT molecular complexity index is 455. The van der Waals surface area contributed by atoms with Crippen molar-refractivity contribution in [3.05, 3.63) is 35.9 Å². The normalized spacial score (nSPS) is 20.9. The molecule has 5 nitrogen and oxygen atoms in total. The predicted octanol–water partition coefficient (Wildman–Crippen LogP) is 0.694. The third-order valence-electron chi connectivity index (χ3n) is 3.47. The van der Waals surface area contributed by atoms with Crippen molar-refractivity contribution in [1.82, 2.24) is 10.6 Å². The van der Waals surface area contributed by atoms with Crippen molar-refractivity contribution in [3.63, 3.8) is 0 Å². The van der Waals surface area contributed by atoms with Gasteiger partial charge in [-0.3, -0.25) is 9.59 Å². The first-order valence-corrected chi connectivity index (χ1v) is 6.93. The average Bonchev–Trinajstić information content (AvgIpc) is 2.43. The number of aliphatic hydroxyl groups excluding tert-OH is 1. The first kappa shape index (κ1) is 14.5. The van der Waals surface area contributed by atoms with Gasteiger partial charge < -0.3 is 15.7 Å².